The van der Waals surface area contributed by atoms with E-state index in [0.717, 1.165) is 11.4 Å². The number of hydrogen-bond acceptors (Lipinski definition) is 5. The molecule has 2 atom stereocenters. The average molecular weight is 233 g/mol. The van der Waals surface area contributed by atoms with Crippen molar-refractivity contribution in [3.8, 4) is 0 Å². The highest BCUT2D eigenvalue weighted by molar-refractivity contribution is 5.93. The summed E-state index contributed by atoms with van der Waals surface area (Å²) in [5.41, 5.74) is 1.80. The van der Waals surface area contributed by atoms with Gasteiger partial charge < -0.3 is 9.80 Å². The average Bonchev–Trinajstić information content (AvgIpc) is 2.80. The van der Waals surface area contributed by atoms with E-state index < -0.39 is 0 Å². The fraction of sp³-hybridized carbons (Fsp3) is 0.545. The van der Waals surface area contributed by atoms with Crippen LogP contribution in [0, 0.1) is 13.8 Å². The molecule has 6 heteroatoms. The lowest BCUT2D eigenvalue weighted by Gasteiger charge is -2.37. The molecule has 0 bridgehead atoms. The van der Waals surface area contributed by atoms with Crippen molar-refractivity contribution in [1.29, 1.82) is 0 Å². The van der Waals surface area contributed by atoms with Crippen LogP contribution >= 0.6 is 0 Å². The molecule has 1 aromatic rings. The predicted octanol–water partition coefficient (Wildman–Crippen LogP) is 0.258. The molecular weight excluding hydrogens is 218 g/mol. The Kier molecular flexibility index (Phi) is 1.87. The molecule has 0 spiro atoms. The van der Waals surface area contributed by atoms with E-state index in [-0.39, 0.29) is 18.1 Å². The van der Waals surface area contributed by atoms with Gasteiger partial charge in [-0.25, -0.2) is 4.98 Å². The number of carbonyl (C=O) groups excluding carboxylic acids is 1. The molecule has 90 valence electrons. The predicted molar refractivity (Wildman–Crippen MR) is 64.6 cm³/mol. The van der Waals surface area contributed by atoms with E-state index in [1.165, 1.54) is 0 Å². The molecule has 17 heavy (non-hydrogen) atoms. The number of carbonyl (C=O) groups is 1. The molecule has 0 N–H and O–H groups in total. The van der Waals surface area contributed by atoms with Crippen molar-refractivity contribution in [3.63, 3.8) is 0 Å². The van der Waals surface area contributed by atoms with Crippen LogP contribution in [0.5, 0.6) is 0 Å². The summed E-state index contributed by atoms with van der Waals surface area (Å²) in [6, 6.07) is -0.343. The van der Waals surface area contributed by atoms with Gasteiger partial charge in [0.2, 0.25) is 5.95 Å². The molecule has 0 fully saturated rings. The van der Waals surface area contributed by atoms with Gasteiger partial charge in [-0.2, -0.15) is 0 Å². The van der Waals surface area contributed by atoms with Crippen LogP contribution in [0.2, 0.25) is 0 Å². The Morgan fingerprint density at radius 1 is 1.29 bits per heavy atom. The number of rotatable bonds is 0. The fourth-order valence-electron chi connectivity index (χ4n) is 2.57. The van der Waals surface area contributed by atoms with Gasteiger partial charge in [-0.1, -0.05) is 0 Å². The SMILES string of the molecule is Cc1nc2n(c1C)C(=O)C1N=CN(C)C1N2C. The van der Waals surface area contributed by atoms with Crippen LogP contribution in [-0.4, -0.2) is 53.0 Å². The molecule has 0 amide bonds. The summed E-state index contributed by atoms with van der Waals surface area (Å²) in [6.45, 7) is 3.84. The Balaban J connectivity index is 2.19. The van der Waals surface area contributed by atoms with E-state index in [4.69, 9.17) is 0 Å². The van der Waals surface area contributed by atoms with E-state index in [2.05, 4.69) is 9.98 Å². The van der Waals surface area contributed by atoms with Crippen LogP contribution in [0.25, 0.3) is 0 Å². The van der Waals surface area contributed by atoms with E-state index in [1.54, 1.807) is 10.9 Å². The maximum absolute atomic E-state index is 12.4. The third-order valence-corrected chi connectivity index (χ3v) is 3.62. The minimum absolute atomic E-state index is 0.0156. The zero-order valence-corrected chi connectivity index (χ0v) is 10.4. The Bertz CT molecular complexity index is 532. The minimum atomic E-state index is -0.343. The van der Waals surface area contributed by atoms with Crippen molar-refractivity contribution in [1.82, 2.24) is 14.5 Å². The molecule has 2 aliphatic heterocycles. The number of hydrogen-bond donors (Lipinski definition) is 0. The summed E-state index contributed by atoms with van der Waals surface area (Å²) in [6.07, 6.45) is 1.68. The van der Waals surface area contributed by atoms with Gasteiger partial charge in [0.05, 0.1) is 12.0 Å². The second kappa shape index (κ2) is 3.09. The van der Waals surface area contributed by atoms with Gasteiger partial charge in [0.25, 0.3) is 5.91 Å². The van der Waals surface area contributed by atoms with E-state index in [9.17, 15) is 4.79 Å². The van der Waals surface area contributed by atoms with Crippen LogP contribution in [0.3, 0.4) is 0 Å². The highest BCUT2D eigenvalue weighted by Gasteiger charge is 2.45. The third kappa shape index (κ3) is 1.12. The molecule has 0 radical (unpaired) electrons. The maximum Gasteiger partial charge on any atom is 0.262 e. The maximum atomic E-state index is 12.4. The number of imidazole rings is 1. The Hall–Kier alpha value is -1.85. The number of nitrogens with zero attached hydrogens (tertiary/aromatic N) is 5. The molecule has 0 saturated heterocycles. The Labute approximate surface area is 99.6 Å². The first-order valence-electron chi connectivity index (χ1n) is 5.60. The summed E-state index contributed by atoms with van der Waals surface area (Å²) >= 11 is 0. The largest absolute Gasteiger partial charge is 0.343 e. The number of aliphatic imine (C=N–C) groups is 1. The number of fused-ring (bicyclic) bond motifs is 2. The van der Waals surface area contributed by atoms with Gasteiger partial charge in [-0.05, 0) is 13.8 Å². The molecule has 3 rings (SSSR count). The lowest BCUT2D eigenvalue weighted by atomic mass is 10.1. The number of aryl methyl sites for hydroxylation is 1. The normalized spacial score (nSPS) is 26.5. The Morgan fingerprint density at radius 3 is 2.71 bits per heavy atom. The summed E-state index contributed by atoms with van der Waals surface area (Å²) in [5, 5.41) is 0. The van der Waals surface area contributed by atoms with Crippen LogP contribution in [0.1, 0.15) is 16.2 Å². The van der Waals surface area contributed by atoms with E-state index >= 15 is 0 Å². The highest BCUT2D eigenvalue weighted by atomic mass is 16.2. The molecule has 2 aliphatic rings. The quantitative estimate of drug-likeness (QED) is 0.645. The second-order valence-corrected chi connectivity index (χ2v) is 4.66. The van der Waals surface area contributed by atoms with E-state index in [1.807, 2.05) is 37.7 Å². The molecule has 3 heterocycles. The molecule has 0 saturated carbocycles. The zero-order valence-electron chi connectivity index (χ0n) is 10.4. The van der Waals surface area contributed by atoms with Gasteiger partial charge in [0.1, 0.15) is 6.17 Å². The molecular formula is C11H15N5O. The van der Waals surface area contributed by atoms with Gasteiger partial charge in [-0.3, -0.25) is 14.4 Å². The van der Waals surface area contributed by atoms with Gasteiger partial charge in [0.15, 0.2) is 6.04 Å². The minimum Gasteiger partial charge on any atom is -0.343 e. The van der Waals surface area contributed by atoms with E-state index in [0.29, 0.717) is 5.95 Å². The van der Waals surface area contributed by atoms with Crippen molar-refractivity contribution >= 4 is 18.2 Å². The lowest BCUT2D eigenvalue weighted by Crippen LogP contribution is -2.55. The monoisotopic (exact) mass is 233 g/mol. The molecule has 6 nitrogen and oxygen atoms in total. The fourth-order valence-corrected chi connectivity index (χ4v) is 2.57. The van der Waals surface area contributed by atoms with Crippen LogP contribution in [0.15, 0.2) is 4.99 Å². The van der Waals surface area contributed by atoms with Crippen molar-refractivity contribution in [2.24, 2.45) is 4.99 Å². The number of aromatic nitrogens is 2. The van der Waals surface area contributed by atoms with Crippen LogP contribution < -0.4 is 4.90 Å². The van der Waals surface area contributed by atoms with Crippen LogP contribution in [-0.2, 0) is 0 Å². The first kappa shape index (κ1) is 10.3. The molecule has 0 aromatic carbocycles. The first-order chi connectivity index (χ1) is 8.02. The van der Waals surface area contributed by atoms with Crippen molar-refractivity contribution in [2.75, 3.05) is 19.0 Å². The van der Waals surface area contributed by atoms with Crippen LogP contribution in [0.4, 0.5) is 5.95 Å². The summed E-state index contributed by atoms with van der Waals surface area (Å²) in [5.74, 6) is 0.727. The van der Waals surface area contributed by atoms with Gasteiger partial charge >= 0.3 is 0 Å². The van der Waals surface area contributed by atoms with Gasteiger partial charge in [-0.15, -0.1) is 0 Å². The Morgan fingerprint density at radius 2 is 2.00 bits per heavy atom. The standard InChI is InChI=1S/C11H15N5O/c1-6-7(2)16-10(17)8-9(14(3)5-12-8)15(4)11(16)13-6/h5,8-9H,1-4H3. The molecule has 1 aromatic heterocycles. The summed E-state index contributed by atoms with van der Waals surface area (Å²) in [4.78, 5) is 25.1. The number of likely N-dealkylation sites (N-methyl/N-ethyl adjacent to an activating group) is 2. The van der Waals surface area contributed by atoms with Crippen molar-refractivity contribution < 1.29 is 4.79 Å². The lowest BCUT2D eigenvalue weighted by molar-refractivity contribution is 0.0832. The van der Waals surface area contributed by atoms with Gasteiger partial charge in [0, 0.05) is 19.8 Å². The smallest absolute Gasteiger partial charge is 0.262 e. The summed E-state index contributed by atoms with van der Waals surface area (Å²) in [7, 11) is 3.88. The van der Waals surface area contributed by atoms with Crippen molar-refractivity contribution in [2.45, 2.75) is 26.1 Å². The topological polar surface area (TPSA) is 53.7 Å². The second-order valence-electron chi connectivity index (χ2n) is 4.66. The first-order valence-corrected chi connectivity index (χ1v) is 5.60. The zero-order chi connectivity index (χ0) is 12.3. The molecule has 0 aliphatic carbocycles. The van der Waals surface area contributed by atoms with Crippen molar-refractivity contribution in [3.05, 3.63) is 11.4 Å². The third-order valence-electron chi connectivity index (χ3n) is 3.62. The highest BCUT2D eigenvalue weighted by Crippen LogP contribution is 2.30. The molecule has 2 unspecified atom stereocenters. The summed E-state index contributed by atoms with van der Waals surface area (Å²) < 4.78 is 1.67. The number of anilines is 1.